The summed E-state index contributed by atoms with van der Waals surface area (Å²) in [5.74, 6) is 2.12. The SMILES string of the molecule is CCNC(=NCc1cc(Br)c(OC)c(OC)c1)NCc1ncc(CC)s1.I. The highest BCUT2D eigenvalue weighted by molar-refractivity contribution is 14.0. The van der Waals surface area contributed by atoms with E-state index in [9.17, 15) is 0 Å². The van der Waals surface area contributed by atoms with E-state index in [1.807, 2.05) is 25.3 Å². The van der Waals surface area contributed by atoms with Gasteiger partial charge in [0.15, 0.2) is 17.5 Å². The molecule has 0 fully saturated rings. The fourth-order valence-corrected chi connectivity index (χ4v) is 3.78. The van der Waals surface area contributed by atoms with Crippen molar-refractivity contribution in [2.45, 2.75) is 33.4 Å². The van der Waals surface area contributed by atoms with Crippen LogP contribution in [0.1, 0.15) is 29.3 Å². The minimum Gasteiger partial charge on any atom is -0.493 e. The molecule has 0 atom stereocenters. The average Bonchev–Trinajstić information content (AvgIpc) is 3.11. The average molecular weight is 569 g/mol. The maximum atomic E-state index is 5.39. The number of halogens is 2. The number of ether oxygens (including phenoxy) is 2. The summed E-state index contributed by atoms with van der Waals surface area (Å²) in [4.78, 5) is 10.4. The summed E-state index contributed by atoms with van der Waals surface area (Å²) >= 11 is 5.24. The van der Waals surface area contributed by atoms with Crippen molar-refractivity contribution < 1.29 is 9.47 Å². The predicted molar refractivity (Wildman–Crippen MR) is 126 cm³/mol. The lowest BCUT2D eigenvalue weighted by atomic mass is 10.2. The largest absolute Gasteiger partial charge is 0.493 e. The topological polar surface area (TPSA) is 67.8 Å². The molecule has 0 saturated carbocycles. The lowest BCUT2D eigenvalue weighted by Crippen LogP contribution is -2.36. The van der Waals surface area contributed by atoms with Gasteiger partial charge in [-0.15, -0.1) is 35.3 Å². The maximum absolute atomic E-state index is 5.39. The Hall–Kier alpha value is -1.07. The molecule has 2 aromatic rings. The van der Waals surface area contributed by atoms with Crippen molar-refractivity contribution in [2.24, 2.45) is 4.99 Å². The first kappa shape index (κ1) is 24.0. The molecule has 150 valence electrons. The fourth-order valence-electron chi connectivity index (χ4n) is 2.33. The second kappa shape index (κ2) is 12.4. The number of methoxy groups -OCH3 is 2. The van der Waals surface area contributed by atoms with Crippen LogP contribution in [0.25, 0.3) is 0 Å². The van der Waals surface area contributed by atoms with Crippen molar-refractivity contribution >= 4 is 57.2 Å². The Bertz CT molecular complexity index is 755. The highest BCUT2D eigenvalue weighted by Gasteiger charge is 2.10. The number of guanidine groups is 1. The van der Waals surface area contributed by atoms with E-state index in [-0.39, 0.29) is 24.0 Å². The standard InChI is InChI=1S/C18H25BrN4O2S.HI/c1-5-13-10-21-16(26-13)11-23-18(20-6-2)22-9-12-7-14(19)17(25-4)15(8-12)24-3;/h7-8,10H,5-6,9,11H2,1-4H3,(H2,20,22,23);1H. The molecule has 0 amide bonds. The van der Waals surface area contributed by atoms with E-state index in [4.69, 9.17) is 9.47 Å². The normalized spacial score (nSPS) is 10.9. The Morgan fingerprint density at radius 2 is 2.00 bits per heavy atom. The summed E-state index contributed by atoms with van der Waals surface area (Å²) in [6, 6.07) is 3.92. The predicted octanol–water partition coefficient (Wildman–Crippen LogP) is 4.36. The van der Waals surface area contributed by atoms with Crippen LogP contribution in [0.2, 0.25) is 0 Å². The molecule has 0 aliphatic carbocycles. The molecule has 2 rings (SSSR count). The third-order valence-electron chi connectivity index (χ3n) is 3.61. The number of benzene rings is 1. The molecule has 0 saturated heterocycles. The van der Waals surface area contributed by atoms with Crippen LogP contribution in [0, 0.1) is 0 Å². The van der Waals surface area contributed by atoms with Gasteiger partial charge in [-0.1, -0.05) is 6.92 Å². The van der Waals surface area contributed by atoms with Gasteiger partial charge in [0.25, 0.3) is 0 Å². The van der Waals surface area contributed by atoms with Gasteiger partial charge in [-0.2, -0.15) is 0 Å². The molecule has 0 aliphatic heterocycles. The van der Waals surface area contributed by atoms with Crippen LogP contribution >= 0.6 is 51.2 Å². The van der Waals surface area contributed by atoms with Gasteiger partial charge >= 0.3 is 0 Å². The lowest BCUT2D eigenvalue weighted by Gasteiger charge is -2.12. The van der Waals surface area contributed by atoms with E-state index in [1.54, 1.807) is 25.6 Å². The van der Waals surface area contributed by atoms with E-state index >= 15 is 0 Å². The Balaban J connectivity index is 0.00000364. The van der Waals surface area contributed by atoms with Gasteiger partial charge in [0, 0.05) is 17.6 Å². The minimum absolute atomic E-state index is 0. The van der Waals surface area contributed by atoms with E-state index in [0.717, 1.165) is 34.0 Å². The van der Waals surface area contributed by atoms with Crippen molar-refractivity contribution in [3.63, 3.8) is 0 Å². The number of aliphatic imine (C=N–C) groups is 1. The van der Waals surface area contributed by atoms with Crippen LogP contribution in [0.5, 0.6) is 11.5 Å². The van der Waals surface area contributed by atoms with Crippen molar-refractivity contribution in [1.29, 1.82) is 0 Å². The zero-order chi connectivity index (χ0) is 18.9. The van der Waals surface area contributed by atoms with Crippen LogP contribution < -0.4 is 20.1 Å². The number of hydrogen-bond donors (Lipinski definition) is 2. The summed E-state index contributed by atoms with van der Waals surface area (Å²) in [6.45, 7) is 6.15. The Kier molecular flexibility index (Phi) is 11.0. The van der Waals surface area contributed by atoms with E-state index in [1.165, 1.54) is 4.88 Å². The molecule has 1 heterocycles. The number of aromatic nitrogens is 1. The number of nitrogens with one attached hydrogen (secondary N) is 2. The first-order chi connectivity index (χ1) is 12.6. The molecule has 2 N–H and O–H groups in total. The number of hydrogen-bond acceptors (Lipinski definition) is 5. The zero-order valence-electron chi connectivity index (χ0n) is 16.0. The molecular formula is C18H26BrIN4O2S. The van der Waals surface area contributed by atoms with E-state index in [0.29, 0.717) is 24.6 Å². The van der Waals surface area contributed by atoms with Gasteiger partial charge in [0.1, 0.15) is 5.01 Å². The summed E-state index contributed by atoms with van der Waals surface area (Å²) in [7, 11) is 3.25. The highest BCUT2D eigenvalue weighted by Crippen LogP contribution is 2.36. The van der Waals surface area contributed by atoms with Crippen molar-refractivity contribution in [2.75, 3.05) is 20.8 Å². The highest BCUT2D eigenvalue weighted by atomic mass is 127. The third-order valence-corrected chi connectivity index (χ3v) is 5.34. The van der Waals surface area contributed by atoms with Crippen LogP contribution in [-0.2, 0) is 19.5 Å². The van der Waals surface area contributed by atoms with Crippen LogP contribution in [0.3, 0.4) is 0 Å². The molecule has 0 radical (unpaired) electrons. The third kappa shape index (κ3) is 7.11. The molecule has 0 bridgehead atoms. The summed E-state index contributed by atoms with van der Waals surface area (Å²) < 4.78 is 11.6. The Labute approximate surface area is 190 Å². The van der Waals surface area contributed by atoms with Gasteiger partial charge in [0.05, 0.1) is 31.8 Å². The number of thiazole rings is 1. The number of aryl methyl sites for hydroxylation is 1. The monoisotopic (exact) mass is 568 g/mol. The van der Waals surface area contributed by atoms with Crippen LogP contribution in [0.4, 0.5) is 0 Å². The van der Waals surface area contributed by atoms with Crippen LogP contribution in [-0.4, -0.2) is 31.7 Å². The molecule has 0 unspecified atom stereocenters. The summed E-state index contributed by atoms with van der Waals surface area (Å²) in [5.41, 5.74) is 1.02. The van der Waals surface area contributed by atoms with Gasteiger partial charge < -0.3 is 20.1 Å². The molecule has 6 nitrogen and oxygen atoms in total. The Morgan fingerprint density at radius 1 is 1.22 bits per heavy atom. The lowest BCUT2D eigenvalue weighted by molar-refractivity contribution is 0.352. The van der Waals surface area contributed by atoms with E-state index in [2.05, 4.69) is 43.5 Å². The smallest absolute Gasteiger partial charge is 0.191 e. The minimum atomic E-state index is 0. The first-order valence-electron chi connectivity index (χ1n) is 8.47. The van der Waals surface area contributed by atoms with Crippen molar-refractivity contribution in [3.05, 3.63) is 38.3 Å². The molecular weight excluding hydrogens is 543 g/mol. The molecule has 1 aromatic heterocycles. The van der Waals surface area contributed by atoms with Gasteiger partial charge in [-0.05, 0) is 47.0 Å². The fraction of sp³-hybridized carbons (Fsp3) is 0.444. The molecule has 0 aliphatic rings. The van der Waals surface area contributed by atoms with Gasteiger partial charge in [0.2, 0.25) is 0 Å². The molecule has 1 aromatic carbocycles. The second-order valence-electron chi connectivity index (χ2n) is 5.44. The van der Waals surface area contributed by atoms with E-state index < -0.39 is 0 Å². The molecule has 0 spiro atoms. The number of nitrogens with zero attached hydrogens (tertiary/aromatic N) is 2. The van der Waals surface area contributed by atoms with Gasteiger partial charge in [-0.3, -0.25) is 0 Å². The maximum Gasteiger partial charge on any atom is 0.191 e. The van der Waals surface area contributed by atoms with Crippen molar-refractivity contribution in [1.82, 2.24) is 15.6 Å². The van der Waals surface area contributed by atoms with Crippen molar-refractivity contribution in [3.8, 4) is 11.5 Å². The second-order valence-corrected chi connectivity index (χ2v) is 7.49. The molecule has 9 heteroatoms. The number of rotatable bonds is 8. The van der Waals surface area contributed by atoms with Gasteiger partial charge in [-0.25, -0.2) is 9.98 Å². The zero-order valence-corrected chi connectivity index (χ0v) is 20.7. The summed E-state index contributed by atoms with van der Waals surface area (Å²) in [5, 5.41) is 7.64. The molecule has 27 heavy (non-hydrogen) atoms. The summed E-state index contributed by atoms with van der Waals surface area (Å²) in [6.07, 6.45) is 2.95. The quantitative estimate of drug-likeness (QED) is 0.281. The first-order valence-corrected chi connectivity index (χ1v) is 10.1. The van der Waals surface area contributed by atoms with Crippen LogP contribution in [0.15, 0.2) is 27.8 Å². The Morgan fingerprint density at radius 3 is 2.59 bits per heavy atom.